The van der Waals surface area contributed by atoms with Crippen molar-refractivity contribution in [3.05, 3.63) is 33.4 Å². The molecule has 0 atom stereocenters. The Labute approximate surface area is 105 Å². The van der Waals surface area contributed by atoms with Gasteiger partial charge >= 0.3 is 0 Å². The highest BCUT2D eigenvalue weighted by Crippen LogP contribution is 2.34. The van der Waals surface area contributed by atoms with Crippen molar-refractivity contribution in [2.75, 3.05) is 5.43 Å². The largest absolute Gasteiger partial charge is 0.322 e. The van der Waals surface area contributed by atoms with E-state index in [1.54, 1.807) is 12.1 Å². The molecule has 1 aromatic carbocycles. The van der Waals surface area contributed by atoms with Gasteiger partial charge in [-0.05, 0) is 28.1 Å². The summed E-state index contributed by atoms with van der Waals surface area (Å²) in [6.07, 6.45) is 1.46. The third-order valence-corrected chi connectivity index (χ3v) is 3.14. The maximum Gasteiger partial charge on any atom is 0.103 e. The standard InChI is InChI=1S/C10H6BrClN4/c11-6-1-2-7(12)8-9(16-14)5(3-13)4-15-10(6)8/h1-2,4H,14H2,(H,15,16). The molecule has 3 N–H and O–H groups in total. The first-order valence-corrected chi connectivity index (χ1v) is 5.49. The molecule has 0 aliphatic carbocycles. The second-order valence-electron chi connectivity index (χ2n) is 3.06. The number of nitrogens with two attached hydrogens (primary N) is 1. The van der Waals surface area contributed by atoms with Gasteiger partial charge in [-0.15, -0.1) is 0 Å². The number of hydrazine groups is 1. The second-order valence-corrected chi connectivity index (χ2v) is 4.32. The van der Waals surface area contributed by atoms with Crippen LogP contribution in [0.4, 0.5) is 5.69 Å². The van der Waals surface area contributed by atoms with Crippen molar-refractivity contribution >= 4 is 44.1 Å². The zero-order chi connectivity index (χ0) is 11.7. The molecule has 4 nitrogen and oxygen atoms in total. The molecule has 0 radical (unpaired) electrons. The van der Waals surface area contributed by atoms with Gasteiger partial charge in [0.2, 0.25) is 0 Å². The van der Waals surface area contributed by atoms with Crippen molar-refractivity contribution in [3.8, 4) is 6.07 Å². The third-order valence-electron chi connectivity index (χ3n) is 2.18. The number of nitriles is 1. The molecule has 0 unspecified atom stereocenters. The van der Waals surface area contributed by atoms with E-state index in [4.69, 9.17) is 22.7 Å². The lowest BCUT2D eigenvalue weighted by atomic mass is 10.1. The average molecular weight is 298 g/mol. The Morgan fingerprint density at radius 2 is 2.25 bits per heavy atom. The molecule has 0 amide bonds. The van der Waals surface area contributed by atoms with Crippen LogP contribution in [0.5, 0.6) is 0 Å². The van der Waals surface area contributed by atoms with E-state index in [9.17, 15) is 0 Å². The predicted molar refractivity (Wildman–Crippen MR) is 67.0 cm³/mol. The van der Waals surface area contributed by atoms with E-state index in [2.05, 4.69) is 26.3 Å². The summed E-state index contributed by atoms with van der Waals surface area (Å²) in [6.45, 7) is 0. The molecule has 0 aliphatic heterocycles. The van der Waals surface area contributed by atoms with Gasteiger partial charge in [0.05, 0.1) is 21.8 Å². The number of aromatic nitrogens is 1. The predicted octanol–water partition coefficient (Wildman–Crippen LogP) is 2.81. The Morgan fingerprint density at radius 3 is 2.88 bits per heavy atom. The molecule has 80 valence electrons. The van der Waals surface area contributed by atoms with Gasteiger partial charge in [0.25, 0.3) is 0 Å². The van der Waals surface area contributed by atoms with Crippen LogP contribution < -0.4 is 11.3 Å². The molecule has 1 heterocycles. The van der Waals surface area contributed by atoms with Crippen LogP contribution in [0.1, 0.15) is 5.56 Å². The van der Waals surface area contributed by atoms with Gasteiger partial charge in [-0.1, -0.05) is 11.6 Å². The summed E-state index contributed by atoms with van der Waals surface area (Å²) in [5.74, 6) is 5.41. The van der Waals surface area contributed by atoms with Crippen LogP contribution in [0.3, 0.4) is 0 Å². The number of pyridine rings is 1. The molecule has 0 fully saturated rings. The molecule has 2 rings (SSSR count). The van der Waals surface area contributed by atoms with Gasteiger partial charge in [0, 0.05) is 16.1 Å². The van der Waals surface area contributed by atoms with Crippen LogP contribution >= 0.6 is 27.5 Å². The first-order chi connectivity index (χ1) is 7.69. The number of benzene rings is 1. The van der Waals surface area contributed by atoms with Gasteiger partial charge in [-0.2, -0.15) is 5.26 Å². The number of fused-ring (bicyclic) bond motifs is 1. The highest BCUT2D eigenvalue weighted by Gasteiger charge is 2.12. The van der Waals surface area contributed by atoms with E-state index in [1.165, 1.54) is 6.20 Å². The lowest BCUT2D eigenvalue weighted by Gasteiger charge is -2.09. The first kappa shape index (κ1) is 11.1. The van der Waals surface area contributed by atoms with E-state index < -0.39 is 0 Å². The van der Waals surface area contributed by atoms with Crippen molar-refractivity contribution in [1.29, 1.82) is 5.26 Å². The fourth-order valence-electron chi connectivity index (χ4n) is 1.47. The van der Waals surface area contributed by atoms with Gasteiger partial charge < -0.3 is 5.43 Å². The lowest BCUT2D eigenvalue weighted by molar-refractivity contribution is 1.30. The van der Waals surface area contributed by atoms with Gasteiger partial charge in [0.1, 0.15) is 6.07 Å². The maximum absolute atomic E-state index is 8.93. The lowest BCUT2D eigenvalue weighted by Crippen LogP contribution is -2.09. The number of anilines is 1. The van der Waals surface area contributed by atoms with E-state index >= 15 is 0 Å². The van der Waals surface area contributed by atoms with Crippen molar-refractivity contribution in [3.63, 3.8) is 0 Å². The molecule has 1 aromatic heterocycles. The zero-order valence-electron chi connectivity index (χ0n) is 7.96. The molecule has 6 heteroatoms. The van der Waals surface area contributed by atoms with E-state index in [0.717, 1.165) is 4.47 Å². The normalized spacial score (nSPS) is 10.1. The highest BCUT2D eigenvalue weighted by atomic mass is 79.9. The Bertz CT molecular complexity index is 606. The topological polar surface area (TPSA) is 74.7 Å². The van der Waals surface area contributed by atoms with Crippen molar-refractivity contribution in [1.82, 2.24) is 4.98 Å². The number of halogens is 2. The molecule has 0 bridgehead atoms. The number of nitrogens with one attached hydrogen (secondary N) is 1. The molecule has 0 saturated carbocycles. The third kappa shape index (κ3) is 1.61. The number of nitrogen functional groups attached to an aromatic ring is 1. The number of nitrogens with zero attached hydrogens (tertiary/aromatic N) is 2. The van der Waals surface area contributed by atoms with Gasteiger partial charge in [0.15, 0.2) is 0 Å². The summed E-state index contributed by atoms with van der Waals surface area (Å²) in [5.41, 5.74) is 4.00. The van der Waals surface area contributed by atoms with Crippen molar-refractivity contribution in [2.24, 2.45) is 5.84 Å². The van der Waals surface area contributed by atoms with Crippen molar-refractivity contribution < 1.29 is 0 Å². The number of rotatable bonds is 1. The summed E-state index contributed by atoms with van der Waals surface area (Å²) in [7, 11) is 0. The zero-order valence-corrected chi connectivity index (χ0v) is 10.3. The minimum absolute atomic E-state index is 0.356. The summed E-state index contributed by atoms with van der Waals surface area (Å²) >= 11 is 9.44. The summed E-state index contributed by atoms with van der Waals surface area (Å²) < 4.78 is 0.799. The summed E-state index contributed by atoms with van der Waals surface area (Å²) in [6, 6.07) is 5.52. The SMILES string of the molecule is N#Cc1cnc2c(Br)ccc(Cl)c2c1NN. The first-order valence-electron chi connectivity index (χ1n) is 4.32. The molecular formula is C10H6BrClN4. The fraction of sp³-hybridized carbons (Fsp3) is 0. The molecule has 2 aromatic rings. The summed E-state index contributed by atoms with van der Waals surface area (Å²) in [4.78, 5) is 4.17. The maximum atomic E-state index is 8.93. The quantitative estimate of drug-likeness (QED) is 0.627. The Kier molecular flexibility index (Phi) is 2.97. The smallest absolute Gasteiger partial charge is 0.103 e. The monoisotopic (exact) mass is 296 g/mol. The second kappa shape index (κ2) is 4.26. The van der Waals surface area contributed by atoms with Crippen LogP contribution in [-0.2, 0) is 0 Å². The van der Waals surface area contributed by atoms with Gasteiger partial charge in [-0.25, -0.2) is 0 Å². The van der Waals surface area contributed by atoms with E-state index in [0.29, 0.717) is 27.2 Å². The van der Waals surface area contributed by atoms with E-state index in [-0.39, 0.29) is 0 Å². The van der Waals surface area contributed by atoms with Crippen LogP contribution in [0.2, 0.25) is 5.02 Å². The summed E-state index contributed by atoms with van der Waals surface area (Å²) in [5, 5.41) is 10.1. The van der Waals surface area contributed by atoms with Crippen LogP contribution in [0, 0.1) is 11.3 Å². The molecular weight excluding hydrogens is 291 g/mol. The number of hydrogen-bond donors (Lipinski definition) is 2. The van der Waals surface area contributed by atoms with Crippen molar-refractivity contribution in [2.45, 2.75) is 0 Å². The van der Waals surface area contributed by atoms with Gasteiger partial charge in [-0.3, -0.25) is 10.8 Å². The van der Waals surface area contributed by atoms with Crippen LogP contribution in [0.15, 0.2) is 22.8 Å². The fourth-order valence-corrected chi connectivity index (χ4v) is 2.15. The molecule has 0 spiro atoms. The Hall–Kier alpha value is -1.35. The molecule has 0 aliphatic rings. The molecule has 0 saturated heterocycles. The van der Waals surface area contributed by atoms with E-state index in [1.807, 2.05) is 6.07 Å². The average Bonchev–Trinajstić information content (AvgIpc) is 2.32. The Balaban J connectivity index is 2.98. The van der Waals surface area contributed by atoms with Crippen LogP contribution in [-0.4, -0.2) is 4.98 Å². The molecule has 16 heavy (non-hydrogen) atoms. The highest BCUT2D eigenvalue weighted by molar-refractivity contribution is 9.10. The number of hydrogen-bond acceptors (Lipinski definition) is 4. The minimum Gasteiger partial charge on any atom is -0.322 e. The van der Waals surface area contributed by atoms with Crippen LogP contribution in [0.25, 0.3) is 10.9 Å². The minimum atomic E-state index is 0.356. The Morgan fingerprint density at radius 1 is 1.50 bits per heavy atom.